The molecular formula is C15H20N4O3. The number of nitrogens with one attached hydrogen (secondary N) is 1. The van der Waals surface area contributed by atoms with Crippen LogP contribution in [-0.2, 0) is 17.9 Å². The van der Waals surface area contributed by atoms with Gasteiger partial charge >= 0.3 is 0 Å². The number of nitrogens with zero attached hydrogens (tertiary/aromatic N) is 3. The number of amides is 2. The average molecular weight is 304 g/mol. The second kappa shape index (κ2) is 7.44. The molecule has 7 heteroatoms. The lowest BCUT2D eigenvalue weighted by Gasteiger charge is -2.07. The summed E-state index contributed by atoms with van der Waals surface area (Å²) in [7, 11) is 3.32. The maximum atomic E-state index is 11.7. The van der Waals surface area contributed by atoms with Crippen LogP contribution in [0.5, 0.6) is 0 Å². The first kappa shape index (κ1) is 15.8. The zero-order valence-electron chi connectivity index (χ0n) is 12.8. The van der Waals surface area contributed by atoms with Crippen LogP contribution in [0.2, 0.25) is 0 Å². The van der Waals surface area contributed by atoms with Gasteiger partial charge in [0.25, 0.3) is 5.91 Å². The van der Waals surface area contributed by atoms with E-state index in [1.807, 2.05) is 12.3 Å². The number of aryl methyl sites for hydroxylation is 1. The van der Waals surface area contributed by atoms with Crippen molar-refractivity contribution in [1.29, 1.82) is 0 Å². The SMILES string of the molecule is CN(C)C(=O)c1ccc(CNC(=O)CCCn2cccn2)o1. The van der Waals surface area contributed by atoms with Crippen LogP contribution in [0.25, 0.3) is 0 Å². The normalized spacial score (nSPS) is 10.5. The maximum absolute atomic E-state index is 11.7. The molecule has 0 saturated heterocycles. The first-order valence-corrected chi connectivity index (χ1v) is 7.11. The zero-order valence-corrected chi connectivity index (χ0v) is 12.8. The molecule has 118 valence electrons. The van der Waals surface area contributed by atoms with E-state index in [4.69, 9.17) is 4.42 Å². The van der Waals surface area contributed by atoms with Gasteiger partial charge in [0.2, 0.25) is 5.91 Å². The van der Waals surface area contributed by atoms with Gasteiger partial charge in [-0.15, -0.1) is 0 Å². The fraction of sp³-hybridized carbons (Fsp3) is 0.400. The first-order valence-electron chi connectivity index (χ1n) is 7.11. The van der Waals surface area contributed by atoms with Gasteiger partial charge in [-0.25, -0.2) is 0 Å². The van der Waals surface area contributed by atoms with Crippen molar-refractivity contribution in [3.8, 4) is 0 Å². The Morgan fingerprint density at radius 2 is 2.18 bits per heavy atom. The summed E-state index contributed by atoms with van der Waals surface area (Å²) < 4.78 is 7.19. The molecular weight excluding hydrogens is 284 g/mol. The van der Waals surface area contributed by atoms with Crippen LogP contribution in [0, 0.1) is 0 Å². The van der Waals surface area contributed by atoms with E-state index in [9.17, 15) is 9.59 Å². The van der Waals surface area contributed by atoms with Gasteiger partial charge in [0, 0.05) is 39.5 Å². The van der Waals surface area contributed by atoms with Gasteiger partial charge in [0.05, 0.1) is 6.54 Å². The highest BCUT2D eigenvalue weighted by atomic mass is 16.4. The van der Waals surface area contributed by atoms with Crippen LogP contribution in [0.15, 0.2) is 35.0 Å². The monoisotopic (exact) mass is 304 g/mol. The Morgan fingerprint density at radius 1 is 1.36 bits per heavy atom. The summed E-state index contributed by atoms with van der Waals surface area (Å²) in [6, 6.07) is 5.16. The first-order chi connectivity index (χ1) is 10.6. The molecule has 0 aromatic carbocycles. The van der Waals surface area contributed by atoms with Gasteiger partial charge in [0.1, 0.15) is 5.76 Å². The lowest BCUT2D eigenvalue weighted by atomic mass is 10.3. The smallest absolute Gasteiger partial charge is 0.289 e. The van der Waals surface area contributed by atoms with E-state index in [0.717, 1.165) is 6.42 Å². The van der Waals surface area contributed by atoms with E-state index in [2.05, 4.69) is 10.4 Å². The highest BCUT2D eigenvalue weighted by molar-refractivity contribution is 5.91. The molecule has 0 spiro atoms. The number of furan rings is 1. The zero-order chi connectivity index (χ0) is 15.9. The molecule has 0 atom stereocenters. The lowest BCUT2D eigenvalue weighted by Crippen LogP contribution is -2.23. The summed E-state index contributed by atoms with van der Waals surface area (Å²) in [6.45, 7) is 0.990. The van der Waals surface area contributed by atoms with Crippen molar-refractivity contribution in [2.45, 2.75) is 25.9 Å². The predicted octanol–water partition coefficient (Wildman–Crippen LogP) is 1.27. The molecule has 0 aliphatic carbocycles. The molecule has 0 saturated carbocycles. The van der Waals surface area contributed by atoms with Gasteiger partial charge in [-0.3, -0.25) is 14.3 Å². The molecule has 2 amide bonds. The summed E-state index contributed by atoms with van der Waals surface area (Å²) in [6.07, 6.45) is 4.72. The summed E-state index contributed by atoms with van der Waals surface area (Å²) in [5, 5.41) is 6.85. The van der Waals surface area contributed by atoms with Crippen LogP contribution in [0.3, 0.4) is 0 Å². The molecule has 2 rings (SSSR count). The predicted molar refractivity (Wildman–Crippen MR) is 80.0 cm³/mol. The number of hydrogen-bond donors (Lipinski definition) is 1. The summed E-state index contributed by atoms with van der Waals surface area (Å²) in [5.74, 6) is 0.583. The van der Waals surface area contributed by atoms with E-state index in [-0.39, 0.29) is 24.1 Å². The topological polar surface area (TPSA) is 80.4 Å². The molecule has 0 radical (unpaired) electrons. The van der Waals surface area contributed by atoms with Crippen LogP contribution in [0.4, 0.5) is 0 Å². The van der Waals surface area contributed by atoms with E-state index >= 15 is 0 Å². The van der Waals surface area contributed by atoms with Crippen molar-refractivity contribution in [1.82, 2.24) is 20.0 Å². The molecule has 0 aliphatic rings. The fourth-order valence-corrected chi connectivity index (χ4v) is 1.92. The minimum Gasteiger partial charge on any atom is -0.454 e. The van der Waals surface area contributed by atoms with Gasteiger partial charge < -0.3 is 14.6 Å². The molecule has 2 heterocycles. The Bertz CT molecular complexity index is 617. The quantitative estimate of drug-likeness (QED) is 0.835. The van der Waals surface area contributed by atoms with Gasteiger partial charge in [-0.1, -0.05) is 0 Å². The van der Waals surface area contributed by atoms with Crippen LogP contribution < -0.4 is 5.32 Å². The number of hydrogen-bond acceptors (Lipinski definition) is 4. The van der Waals surface area contributed by atoms with Crippen molar-refractivity contribution in [2.24, 2.45) is 0 Å². The maximum Gasteiger partial charge on any atom is 0.289 e. The van der Waals surface area contributed by atoms with Gasteiger partial charge in [-0.2, -0.15) is 5.10 Å². The van der Waals surface area contributed by atoms with Crippen molar-refractivity contribution >= 4 is 11.8 Å². The third-order valence-corrected chi connectivity index (χ3v) is 3.09. The molecule has 7 nitrogen and oxygen atoms in total. The van der Waals surface area contributed by atoms with E-state index in [1.54, 1.807) is 37.1 Å². The molecule has 22 heavy (non-hydrogen) atoms. The Hall–Kier alpha value is -2.57. The summed E-state index contributed by atoms with van der Waals surface area (Å²) >= 11 is 0. The molecule has 0 bridgehead atoms. The average Bonchev–Trinajstić information content (AvgIpc) is 3.15. The number of aromatic nitrogens is 2. The van der Waals surface area contributed by atoms with Crippen LogP contribution in [-0.4, -0.2) is 40.6 Å². The van der Waals surface area contributed by atoms with E-state index < -0.39 is 0 Å². The number of rotatable bonds is 7. The third-order valence-electron chi connectivity index (χ3n) is 3.09. The number of carbonyl (C=O) groups excluding carboxylic acids is 2. The molecule has 0 fully saturated rings. The van der Waals surface area contributed by atoms with Crippen LogP contribution in [0.1, 0.15) is 29.2 Å². The van der Waals surface area contributed by atoms with Gasteiger partial charge in [0.15, 0.2) is 5.76 Å². The Balaban J connectivity index is 1.71. The van der Waals surface area contributed by atoms with Crippen molar-refractivity contribution in [3.05, 3.63) is 42.1 Å². The summed E-state index contributed by atoms with van der Waals surface area (Å²) in [4.78, 5) is 24.9. The minimum absolute atomic E-state index is 0.0518. The Kier molecular flexibility index (Phi) is 5.35. The molecule has 1 N–H and O–H groups in total. The largest absolute Gasteiger partial charge is 0.454 e. The highest BCUT2D eigenvalue weighted by Crippen LogP contribution is 2.09. The van der Waals surface area contributed by atoms with Crippen molar-refractivity contribution in [3.63, 3.8) is 0 Å². The second-order valence-corrected chi connectivity index (χ2v) is 5.11. The van der Waals surface area contributed by atoms with E-state index in [1.165, 1.54) is 4.90 Å². The standard InChI is InChI=1S/C15H20N4O3/c1-18(2)15(21)13-7-6-12(22-13)11-16-14(20)5-3-9-19-10-4-8-17-19/h4,6-8,10H,3,5,9,11H2,1-2H3,(H,16,20). The number of carbonyl (C=O) groups is 2. The van der Waals surface area contributed by atoms with Crippen LogP contribution >= 0.6 is 0 Å². The Morgan fingerprint density at radius 3 is 2.86 bits per heavy atom. The second-order valence-electron chi connectivity index (χ2n) is 5.11. The van der Waals surface area contributed by atoms with Crippen molar-refractivity contribution < 1.29 is 14.0 Å². The highest BCUT2D eigenvalue weighted by Gasteiger charge is 2.13. The molecule has 2 aromatic heterocycles. The fourth-order valence-electron chi connectivity index (χ4n) is 1.92. The lowest BCUT2D eigenvalue weighted by molar-refractivity contribution is -0.121. The molecule has 0 aliphatic heterocycles. The third kappa shape index (κ3) is 4.47. The van der Waals surface area contributed by atoms with Crippen molar-refractivity contribution in [2.75, 3.05) is 14.1 Å². The minimum atomic E-state index is -0.197. The molecule has 2 aromatic rings. The van der Waals surface area contributed by atoms with Gasteiger partial charge in [-0.05, 0) is 24.6 Å². The Labute approximate surface area is 128 Å². The molecule has 0 unspecified atom stereocenters. The summed E-state index contributed by atoms with van der Waals surface area (Å²) in [5.41, 5.74) is 0. The van der Waals surface area contributed by atoms with E-state index in [0.29, 0.717) is 18.7 Å².